The van der Waals surface area contributed by atoms with Crippen molar-refractivity contribution in [2.45, 2.75) is 31.3 Å². The minimum Gasteiger partial charge on any atom is -0.365 e. The van der Waals surface area contributed by atoms with Crippen molar-refractivity contribution >= 4 is 46.7 Å². The highest BCUT2D eigenvalue weighted by Crippen LogP contribution is 2.31. The van der Waals surface area contributed by atoms with E-state index in [9.17, 15) is 14.4 Å². The molecule has 32 heavy (non-hydrogen) atoms. The van der Waals surface area contributed by atoms with E-state index in [0.717, 1.165) is 5.69 Å². The second-order valence-corrected chi connectivity index (χ2v) is 8.94. The number of pyridine rings is 1. The van der Waals surface area contributed by atoms with Crippen LogP contribution in [0.3, 0.4) is 0 Å². The van der Waals surface area contributed by atoms with Gasteiger partial charge in [0.05, 0.1) is 0 Å². The lowest BCUT2D eigenvalue weighted by Gasteiger charge is -2.41. The summed E-state index contributed by atoms with van der Waals surface area (Å²) in [4.78, 5) is 45.5. The minimum atomic E-state index is -1.30. The van der Waals surface area contributed by atoms with Crippen LogP contribution in [0.2, 0.25) is 10.0 Å². The molecular weight excluding hydrogens is 453 g/mol. The first-order valence-corrected chi connectivity index (χ1v) is 11.1. The fourth-order valence-corrected chi connectivity index (χ4v) is 4.87. The molecule has 2 fully saturated rings. The summed E-state index contributed by atoms with van der Waals surface area (Å²) >= 11 is 12.3. The molecule has 2 aromatic rings. The maximum Gasteiger partial charge on any atom is 0.322 e. The van der Waals surface area contributed by atoms with E-state index in [2.05, 4.69) is 20.5 Å². The predicted molar refractivity (Wildman–Crippen MR) is 122 cm³/mol. The van der Waals surface area contributed by atoms with Crippen LogP contribution in [0.4, 0.5) is 10.5 Å². The number of piperazine rings is 1. The van der Waals surface area contributed by atoms with Gasteiger partial charge >= 0.3 is 6.03 Å². The molecule has 2 unspecified atom stereocenters. The van der Waals surface area contributed by atoms with E-state index < -0.39 is 17.5 Å². The molecule has 2 aliphatic heterocycles. The smallest absolute Gasteiger partial charge is 0.322 e. The number of nitrogens with zero attached hydrogens (tertiary/aromatic N) is 3. The van der Waals surface area contributed by atoms with Gasteiger partial charge in [0.1, 0.15) is 5.54 Å². The lowest BCUT2D eigenvalue weighted by molar-refractivity contribution is -0.133. The molecule has 0 radical (unpaired) electrons. The van der Waals surface area contributed by atoms with Gasteiger partial charge in [0.25, 0.3) is 5.91 Å². The molecule has 168 valence electrons. The van der Waals surface area contributed by atoms with Crippen LogP contribution in [0, 0.1) is 0 Å². The number of rotatable bonds is 5. The topological polar surface area (TPSA) is 94.6 Å². The molecule has 2 aliphatic rings. The van der Waals surface area contributed by atoms with Crippen LogP contribution in [-0.4, -0.2) is 53.4 Å². The Labute approximate surface area is 195 Å². The number of benzene rings is 1. The summed E-state index contributed by atoms with van der Waals surface area (Å²) in [5, 5.41) is 6.11. The number of halogens is 2. The summed E-state index contributed by atoms with van der Waals surface area (Å²) in [5.41, 5.74) is 0.168. The van der Waals surface area contributed by atoms with Gasteiger partial charge in [-0.1, -0.05) is 29.3 Å². The second-order valence-electron chi connectivity index (χ2n) is 8.07. The Bertz CT molecular complexity index is 1030. The van der Waals surface area contributed by atoms with Crippen LogP contribution in [0.1, 0.15) is 25.3 Å². The lowest BCUT2D eigenvalue weighted by Crippen LogP contribution is -2.54. The van der Waals surface area contributed by atoms with Gasteiger partial charge in [-0.05, 0) is 37.6 Å². The van der Waals surface area contributed by atoms with E-state index in [1.807, 2.05) is 19.1 Å². The Kier molecular flexibility index (Phi) is 6.26. The van der Waals surface area contributed by atoms with Crippen molar-refractivity contribution in [1.29, 1.82) is 0 Å². The first kappa shape index (κ1) is 22.4. The van der Waals surface area contributed by atoms with Crippen molar-refractivity contribution in [1.82, 2.24) is 20.5 Å². The minimum absolute atomic E-state index is 0.0593. The van der Waals surface area contributed by atoms with Gasteiger partial charge in [0, 0.05) is 65.8 Å². The van der Waals surface area contributed by atoms with Crippen LogP contribution in [-0.2, 0) is 15.1 Å². The highest BCUT2D eigenvalue weighted by molar-refractivity contribution is 6.35. The van der Waals surface area contributed by atoms with E-state index in [0.29, 0.717) is 35.2 Å². The molecule has 2 N–H and O–H groups in total. The van der Waals surface area contributed by atoms with Gasteiger partial charge in [-0.15, -0.1) is 0 Å². The van der Waals surface area contributed by atoms with Crippen LogP contribution in [0.5, 0.6) is 0 Å². The molecule has 10 heteroatoms. The molecule has 0 saturated carbocycles. The molecular formula is C22H23Cl2N5O3. The quantitative estimate of drug-likeness (QED) is 0.648. The third-order valence-electron chi connectivity index (χ3n) is 5.97. The fourth-order valence-electron chi connectivity index (χ4n) is 4.36. The van der Waals surface area contributed by atoms with Crippen molar-refractivity contribution in [2.75, 3.05) is 24.5 Å². The molecule has 0 spiro atoms. The largest absolute Gasteiger partial charge is 0.365 e. The third kappa shape index (κ3) is 4.38. The van der Waals surface area contributed by atoms with E-state index >= 15 is 0 Å². The number of hydrogen-bond donors (Lipinski definition) is 2. The number of carbonyl (C=O) groups is 3. The van der Waals surface area contributed by atoms with Crippen molar-refractivity contribution in [2.24, 2.45) is 0 Å². The van der Waals surface area contributed by atoms with E-state index in [1.54, 1.807) is 29.3 Å². The second kappa shape index (κ2) is 8.96. The summed E-state index contributed by atoms with van der Waals surface area (Å²) in [5.74, 6) is -0.544. The molecule has 4 amide bonds. The highest BCUT2D eigenvalue weighted by atomic mass is 35.5. The van der Waals surface area contributed by atoms with Gasteiger partial charge in [-0.2, -0.15) is 0 Å². The molecule has 0 bridgehead atoms. The SMILES string of the molecule is CC1CN(C(=O)CCC2(c3cccnc3)NC(=O)NC2=O)CCN1c1cc(Cl)cc(Cl)c1. The summed E-state index contributed by atoms with van der Waals surface area (Å²) in [6.07, 6.45) is 3.38. The average Bonchev–Trinajstić information content (AvgIpc) is 3.05. The highest BCUT2D eigenvalue weighted by Gasteiger charge is 2.48. The summed E-state index contributed by atoms with van der Waals surface area (Å²) in [7, 11) is 0. The zero-order valence-corrected chi connectivity index (χ0v) is 19.0. The number of nitrogens with one attached hydrogen (secondary N) is 2. The first-order valence-electron chi connectivity index (χ1n) is 10.3. The number of hydrogen-bond acceptors (Lipinski definition) is 5. The Morgan fingerprint density at radius 1 is 1.22 bits per heavy atom. The normalized spacial score (nSPS) is 23.2. The van der Waals surface area contributed by atoms with Crippen molar-refractivity contribution in [3.05, 3.63) is 58.3 Å². The van der Waals surface area contributed by atoms with Crippen LogP contribution in [0.25, 0.3) is 0 Å². The van der Waals surface area contributed by atoms with Gasteiger partial charge in [0.15, 0.2) is 0 Å². The first-order chi connectivity index (χ1) is 15.3. The van der Waals surface area contributed by atoms with Crippen LogP contribution in [0.15, 0.2) is 42.7 Å². The molecule has 3 heterocycles. The maximum absolute atomic E-state index is 13.0. The summed E-state index contributed by atoms with van der Waals surface area (Å²) < 4.78 is 0. The zero-order chi connectivity index (χ0) is 22.9. The van der Waals surface area contributed by atoms with Gasteiger partial charge in [-0.3, -0.25) is 19.9 Å². The molecule has 1 aromatic carbocycles. The molecule has 0 aliphatic carbocycles. The number of carbonyl (C=O) groups excluding carboxylic acids is 3. The molecule has 2 saturated heterocycles. The third-order valence-corrected chi connectivity index (χ3v) is 6.41. The standard InChI is InChI=1S/C22H23Cl2N5O3/c1-14-13-28(7-8-29(14)18-10-16(23)9-17(24)11-18)19(30)4-5-22(15-3-2-6-25-12-15)20(31)26-21(32)27-22/h2-3,6,9-12,14H,4-5,7-8,13H2,1H3,(H2,26,27,31,32). The molecule has 8 nitrogen and oxygen atoms in total. The Morgan fingerprint density at radius 3 is 2.56 bits per heavy atom. The number of imide groups is 1. The molecule has 4 rings (SSSR count). The van der Waals surface area contributed by atoms with E-state index in [-0.39, 0.29) is 24.8 Å². The molecule has 1 aromatic heterocycles. The van der Waals surface area contributed by atoms with Crippen molar-refractivity contribution in [3.63, 3.8) is 0 Å². The van der Waals surface area contributed by atoms with Crippen LogP contribution >= 0.6 is 23.2 Å². The monoisotopic (exact) mass is 475 g/mol. The molecule has 2 atom stereocenters. The number of anilines is 1. The number of aromatic nitrogens is 1. The van der Waals surface area contributed by atoms with Gasteiger partial charge < -0.3 is 15.1 Å². The van der Waals surface area contributed by atoms with Gasteiger partial charge in [-0.25, -0.2) is 4.79 Å². The van der Waals surface area contributed by atoms with Gasteiger partial charge in [0.2, 0.25) is 5.91 Å². The lowest BCUT2D eigenvalue weighted by atomic mass is 9.86. The Morgan fingerprint density at radius 2 is 1.97 bits per heavy atom. The number of urea groups is 1. The number of amides is 4. The van der Waals surface area contributed by atoms with Crippen LogP contribution < -0.4 is 15.5 Å². The maximum atomic E-state index is 13.0. The fraction of sp³-hybridized carbons (Fsp3) is 0.364. The van der Waals surface area contributed by atoms with E-state index in [4.69, 9.17) is 23.2 Å². The summed E-state index contributed by atoms with van der Waals surface area (Å²) in [6, 6.07) is 8.31. The predicted octanol–water partition coefficient (Wildman–Crippen LogP) is 2.94. The summed E-state index contributed by atoms with van der Waals surface area (Å²) in [6.45, 7) is 3.73. The van der Waals surface area contributed by atoms with Crippen molar-refractivity contribution < 1.29 is 14.4 Å². The van der Waals surface area contributed by atoms with Crippen molar-refractivity contribution in [3.8, 4) is 0 Å². The Hall–Kier alpha value is -2.84. The zero-order valence-electron chi connectivity index (χ0n) is 17.5. The average molecular weight is 476 g/mol. The van der Waals surface area contributed by atoms with E-state index in [1.165, 1.54) is 6.20 Å². The Balaban J connectivity index is 1.43.